The normalized spacial score (nSPS) is 16.3. The van der Waals surface area contributed by atoms with E-state index in [9.17, 15) is 9.90 Å². The zero-order chi connectivity index (χ0) is 24.6. The molecule has 4 aromatic heterocycles. The van der Waals surface area contributed by atoms with Gasteiger partial charge < -0.3 is 25.3 Å². The zero-order valence-electron chi connectivity index (χ0n) is 19.0. The van der Waals surface area contributed by atoms with E-state index >= 15 is 0 Å². The summed E-state index contributed by atoms with van der Waals surface area (Å²) < 4.78 is 13.3. The lowest BCUT2D eigenvalue weighted by atomic mass is 10.0. The van der Waals surface area contributed by atoms with Crippen molar-refractivity contribution < 1.29 is 19.1 Å². The van der Waals surface area contributed by atoms with E-state index in [2.05, 4.69) is 32.1 Å². The van der Waals surface area contributed by atoms with Crippen molar-refractivity contribution in [3.8, 4) is 11.6 Å². The number of fused-ring (bicyclic) bond motifs is 3. The van der Waals surface area contributed by atoms with Crippen LogP contribution in [0.1, 0.15) is 13.0 Å². The minimum absolute atomic E-state index is 0.0316. The van der Waals surface area contributed by atoms with Crippen molar-refractivity contribution in [2.45, 2.75) is 18.6 Å². The van der Waals surface area contributed by atoms with Crippen LogP contribution in [0.4, 0.5) is 5.95 Å². The Bertz CT molecular complexity index is 1460. The van der Waals surface area contributed by atoms with Gasteiger partial charge in [-0.25, -0.2) is 9.67 Å². The predicted octanol–water partition coefficient (Wildman–Crippen LogP) is 1.42. The molecule has 0 aliphatic carbocycles. The molecule has 12 heteroatoms. The van der Waals surface area contributed by atoms with Gasteiger partial charge in [0.1, 0.15) is 5.60 Å². The van der Waals surface area contributed by atoms with Crippen LogP contribution >= 0.6 is 0 Å². The van der Waals surface area contributed by atoms with Crippen LogP contribution in [-0.2, 0) is 9.53 Å². The number of carbonyl (C=O) groups excluding carboxylic acids is 1. The standard InChI is InChI=1S/C23H24N8O4/c1-3-4-5-7-14(2)17(21(32)25-11-23(33)12-34-13-23)30-20-15(10-26-30)19-27-18(16-8-6-9-35-16)29-31(19)22(24)28-20/h3-10,17,33H,2,11-13H2,1H3,(H2,24,28)(H,25,32)/b4-3-,7-5-/t17-/m1/s1. The third-order valence-electron chi connectivity index (χ3n) is 5.59. The van der Waals surface area contributed by atoms with Gasteiger partial charge in [-0.3, -0.25) is 4.79 Å². The fourth-order valence-electron chi connectivity index (χ4n) is 3.73. The van der Waals surface area contributed by atoms with Crippen LogP contribution in [-0.4, -0.2) is 65.7 Å². The van der Waals surface area contributed by atoms with Gasteiger partial charge in [-0.15, -0.1) is 5.10 Å². The van der Waals surface area contributed by atoms with E-state index in [1.807, 2.05) is 19.1 Å². The minimum atomic E-state index is -1.09. The highest BCUT2D eigenvalue weighted by molar-refractivity contribution is 5.92. The van der Waals surface area contributed by atoms with Crippen molar-refractivity contribution in [2.75, 3.05) is 25.5 Å². The number of nitrogens with two attached hydrogens (primary N) is 1. The van der Waals surface area contributed by atoms with Crippen molar-refractivity contribution in [1.29, 1.82) is 0 Å². The maximum absolute atomic E-state index is 13.3. The van der Waals surface area contributed by atoms with Crippen LogP contribution in [0.3, 0.4) is 0 Å². The summed E-state index contributed by atoms with van der Waals surface area (Å²) in [5.41, 5.74) is 6.31. The molecule has 0 bridgehead atoms. The van der Waals surface area contributed by atoms with E-state index in [1.165, 1.54) is 15.5 Å². The second-order valence-corrected chi connectivity index (χ2v) is 8.24. The molecule has 4 N–H and O–H groups in total. The lowest BCUT2D eigenvalue weighted by Gasteiger charge is -2.36. The van der Waals surface area contributed by atoms with E-state index in [1.54, 1.807) is 30.5 Å². The molecule has 0 saturated carbocycles. The molecule has 1 saturated heterocycles. The van der Waals surface area contributed by atoms with Crippen molar-refractivity contribution in [3.63, 3.8) is 0 Å². The highest BCUT2D eigenvalue weighted by Gasteiger charge is 2.37. The largest absolute Gasteiger partial charge is 0.461 e. The van der Waals surface area contributed by atoms with Gasteiger partial charge in [0.05, 0.1) is 37.6 Å². The zero-order valence-corrected chi connectivity index (χ0v) is 19.0. The van der Waals surface area contributed by atoms with E-state index in [0.29, 0.717) is 33.8 Å². The minimum Gasteiger partial charge on any atom is -0.461 e. The summed E-state index contributed by atoms with van der Waals surface area (Å²) in [5, 5.41) is 22.5. The Labute approximate surface area is 199 Å². The molecule has 1 aliphatic heterocycles. The topological polar surface area (TPSA) is 159 Å². The molecule has 180 valence electrons. The van der Waals surface area contributed by atoms with Crippen molar-refractivity contribution in [1.82, 2.24) is 34.7 Å². The smallest absolute Gasteiger partial charge is 0.249 e. The maximum atomic E-state index is 13.3. The molecule has 5 heterocycles. The van der Waals surface area contributed by atoms with E-state index in [4.69, 9.17) is 14.9 Å². The number of furan rings is 1. The SMILES string of the molecule is C=C(/C=C\C=C/C)[C@H](C(=O)NCC1(O)COC1)n1ncc2c1nc(N)n1nc(-c3ccco3)nc21. The van der Waals surface area contributed by atoms with Gasteiger partial charge in [0, 0.05) is 0 Å². The number of nitrogens with zero attached hydrogens (tertiary/aromatic N) is 6. The Hall–Kier alpha value is -4.29. The number of hydrogen-bond acceptors (Lipinski definition) is 9. The summed E-state index contributed by atoms with van der Waals surface area (Å²) in [6.07, 6.45) is 10.2. The monoisotopic (exact) mass is 476 g/mol. The molecule has 1 amide bonds. The average molecular weight is 476 g/mol. The summed E-state index contributed by atoms with van der Waals surface area (Å²) in [5.74, 6) is 0.470. The van der Waals surface area contributed by atoms with E-state index < -0.39 is 17.6 Å². The highest BCUT2D eigenvalue weighted by Crippen LogP contribution is 2.28. The summed E-state index contributed by atoms with van der Waals surface area (Å²) in [4.78, 5) is 22.3. The van der Waals surface area contributed by atoms with Crippen LogP contribution in [0.2, 0.25) is 0 Å². The lowest BCUT2D eigenvalue weighted by molar-refractivity contribution is -0.176. The van der Waals surface area contributed by atoms with Crippen LogP contribution in [0, 0.1) is 0 Å². The highest BCUT2D eigenvalue weighted by atomic mass is 16.5. The van der Waals surface area contributed by atoms with Crippen LogP contribution in [0.5, 0.6) is 0 Å². The number of carbonyl (C=O) groups is 1. The second kappa shape index (κ2) is 8.81. The van der Waals surface area contributed by atoms with E-state index in [0.717, 1.165) is 0 Å². The number of ether oxygens (including phenoxy) is 1. The predicted molar refractivity (Wildman–Crippen MR) is 127 cm³/mol. The van der Waals surface area contributed by atoms with Crippen molar-refractivity contribution in [3.05, 3.63) is 61.0 Å². The number of amides is 1. The number of aromatic nitrogens is 6. The van der Waals surface area contributed by atoms with Gasteiger partial charge in [-0.05, 0) is 24.6 Å². The van der Waals surface area contributed by atoms with Gasteiger partial charge in [0.25, 0.3) is 0 Å². The maximum Gasteiger partial charge on any atom is 0.249 e. The first kappa shape index (κ1) is 22.5. The van der Waals surface area contributed by atoms with Gasteiger partial charge in [-0.1, -0.05) is 30.9 Å². The van der Waals surface area contributed by atoms with Crippen LogP contribution in [0.25, 0.3) is 28.3 Å². The molecular weight excluding hydrogens is 452 g/mol. The number of nitrogens with one attached hydrogen (secondary N) is 1. The number of nitrogen functional groups attached to an aromatic ring is 1. The quantitative estimate of drug-likeness (QED) is 0.320. The van der Waals surface area contributed by atoms with Gasteiger partial charge in [0.15, 0.2) is 23.1 Å². The molecule has 12 nitrogen and oxygen atoms in total. The second-order valence-electron chi connectivity index (χ2n) is 8.24. The first-order valence-corrected chi connectivity index (χ1v) is 10.9. The Morgan fingerprint density at radius 2 is 2.20 bits per heavy atom. The summed E-state index contributed by atoms with van der Waals surface area (Å²) >= 11 is 0. The van der Waals surface area contributed by atoms with Gasteiger partial charge in [-0.2, -0.15) is 14.6 Å². The van der Waals surface area contributed by atoms with Crippen LogP contribution < -0.4 is 11.1 Å². The fourth-order valence-corrected chi connectivity index (χ4v) is 3.73. The summed E-state index contributed by atoms with van der Waals surface area (Å²) in [6.45, 7) is 6.31. The molecule has 1 fully saturated rings. The van der Waals surface area contributed by atoms with Gasteiger partial charge in [0.2, 0.25) is 17.7 Å². The molecule has 4 aromatic rings. The summed E-state index contributed by atoms with van der Waals surface area (Å²) in [6, 6.07) is 2.51. The number of rotatable bonds is 8. The Kier molecular flexibility index (Phi) is 5.67. The van der Waals surface area contributed by atoms with Crippen molar-refractivity contribution >= 4 is 28.5 Å². The third-order valence-corrected chi connectivity index (χ3v) is 5.59. The van der Waals surface area contributed by atoms with E-state index in [-0.39, 0.29) is 25.7 Å². The Balaban J connectivity index is 1.57. The van der Waals surface area contributed by atoms with Crippen molar-refractivity contribution in [2.24, 2.45) is 0 Å². The molecule has 1 aliphatic rings. The molecule has 0 aromatic carbocycles. The molecule has 0 unspecified atom stereocenters. The average Bonchev–Trinajstić information content (AvgIpc) is 3.56. The molecule has 5 rings (SSSR count). The van der Waals surface area contributed by atoms with Gasteiger partial charge >= 0.3 is 0 Å². The fraction of sp³-hybridized carbons (Fsp3) is 0.261. The number of allylic oxidation sites excluding steroid dienone is 4. The number of aliphatic hydroxyl groups is 1. The lowest BCUT2D eigenvalue weighted by Crippen LogP contribution is -2.57. The Morgan fingerprint density at radius 3 is 2.89 bits per heavy atom. The number of anilines is 1. The Morgan fingerprint density at radius 1 is 1.37 bits per heavy atom. The molecule has 1 atom stereocenters. The summed E-state index contributed by atoms with van der Waals surface area (Å²) in [7, 11) is 0. The molecular formula is C23H24N8O4. The first-order valence-electron chi connectivity index (χ1n) is 10.9. The number of hydrogen-bond donors (Lipinski definition) is 3. The molecule has 0 spiro atoms. The van der Waals surface area contributed by atoms with Crippen LogP contribution in [0.15, 0.2) is 65.5 Å². The molecule has 0 radical (unpaired) electrons. The third kappa shape index (κ3) is 4.09. The first-order chi connectivity index (χ1) is 16.9. The molecule has 35 heavy (non-hydrogen) atoms.